The van der Waals surface area contributed by atoms with Gasteiger partial charge in [0.05, 0.1) is 19.0 Å². The fraction of sp³-hybridized carbons (Fsp3) is 0.464. The minimum Gasteiger partial charge on any atom is -0.491 e. The lowest BCUT2D eigenvalue weighted by molar-refractivity contribution is 0.0881. The van der Waals surface area contributed by atoms with Gasteiger partial charge in [-0.3, -0.25) is 19.5 Å². The van der Waals surface area contributed by atoms with Gasteiger partial charge in [0.15, 0.2) is 11.6 Å². The molecular weight excluding hydrogens is 526 g/mol. The lowest BCUT2D eigenvalue weighted by Gasteiger charge is -2.36. The fourth-order valence-electron chi connectivity index (χ4n) is 5.44. The Balaban J connectivity index is 0.977. The molecule has 3 aromatic heterocycles. The number of rotatable bonds is 10. The zero-order valence-electron chi connectivity index (χ0n) is 23.1. The summed E-state index contributed by atoms with van der Waals surface area (Å²) >= 11 is 0. The van der Waals surface area contributed by atoms with Crippen molar-refractivity contribution in [3.8, 4) is 5.75 Å². The molecule has 7 rings (SSSR count). The maximum absolute atomic E-state index is 13.0. The fourth-order valence-corrected chi connectivity index (χ4v) is 5.44. The first-order chi connectivity index (χ1) is 20.0. The summed E-state index contributed by atoms with van der Waals surface area (Å²) in [6.07, 6.45) is 4.09. The summed E-state index contributed by atoms with van der Waals surface area (Å²) in [4.78, 5) is 27.2. The summed E-state index contributed by atoms with van der Waals surface area (Å²) in [5.74, 6) is 8.83. The van der Waals surface area contributed by atoms with E-state index in [0.717, 1.165) is 38.5 Å². The van der Waals surface area contributed by atoms with Crippen LogP contribution in [-0.2, 0) is 11.3 Å². The minimum atomic E-state index is -0.325. The van der Waals surface area contributed by atoms with Crippen LogP contribution in [-0.4, -0.2) is 88.0 Å². The quantitative estimate of drug-likeness (QED) is 0.219. The SMILES string of the molecule is CC1N=C(c2ccco2)c2c(nc3n(CCN4CCN(c5ccc(OCCOC6CC6)cc5)CC4)c(=O)[nH]n23)N1N. The van der Waals surface area contributed by atoms with Crippen molar-refractivity contribution < 1.29 is 13.9 Å². The molecule has 2 fully saturated rings. The molecule has 3 N–H and O–H groups in total. The van der Waals surface area contributed by atoms with Crippen molar-refractivity contribution in [3.63, 3.8) is 0 Å². The summed E-state index contributed by atoms with van der Waals surface area (Å²) in [6.45, 7) is 7.97. The maximum atomic E-state index is 13.0. The van der Waals surface area contributed by atoms with Crippen LogP contribution in [0.2, 0.25) is 0 Å². The normalized spacial score (nSPS) is 19.6. The molecule has 1 saturated carbocycles. The molecule has 0 radical (unpaired) electrons. The van der Waals surface area contributed by atoms with Crippen molar-refractivity contribution in [3.05, 3.63) is 64.6 Å². The van der Waals surface area contributed by atoms with Gasteiger partial charge in [-0.2, -0.15) is 4.98 Å². The van der Waals surface area contributed by atoms with Gasteiger partial charge < -0.3 is 18.8 Å². The first-order valence-corrected chi connectivity index (χ1v) is 14.2. The second-order valence-corrected chi connectivity index (χ2v) is 10.7. The summed E-state index contributed by atoms with van der Waals surface area (Å²) in [5.41, 5.74) is 2.19. The van der Waals surface area contributed by atoms with E-state index in [2.05, 4.69) is 27.0 Å². The Hall–Kier alpha value is -4.07. The maximum Gasteiger partial charge on any atom is 0.343 e. The number of aromatic nitrogens is 4. The van der Waals surface area contributed by atoms with Crippen LogP contribution >= 0.6 is 0 Å². The first kappa shape index (κ1) is 25.9. The number of H-pyrrole nitrogens is 1. The smallest absolute Gasteiger partial charge is 0.343 e. The monoisotopic (exact) mass is 561 g/mol. The van der Waals surface area contributed by atoms with Crippen LogP contribution in [0, 0.1) is 0 Å². The number of hydrazine groups is 1. The summed E-state index contributed by atoms with van der Waals surface area (Å²) in [7, 11) is 0. The van der Waals surface area contributed by atoms with E-state index in [1.54, 1.807) is 21.4 Å². The van der Waals surface area contributed by atoms with Crippen molar-refractivity contribution in [1.82, 2.24) is 24.1 Å². The Morgan fingerprint density at radius 3 is 2.61 bits per heavy atom. The van der Waals surface area contributed by atoms with E-state index < -0.39 is 0 Å². The highest BCUT2D eigenvalue weighted by atomic mass is 16.5. The topological polar surface area (TPSA) is 135 Å². The number of piperazine rings is 1. The Kier molecular flexibility index (Phi) is 6.77. The molecule has 0 bridgehead atoms. The standard InChI is InChI=1S/C28H35N9O4/c1-19-30-24(23-3-2-16-41-23)25-26(36(19)29)31-27-35(28(38)32-37(25)27)15-12-33-10-13-34(14-11-33)20-4-6-21(7-5-20)39-17-18-40-22-8-9-22/h2-7,16,19,22H,8-15,17-18,29H2,1H3,(H,32,38). The van der Waals surface area contributed by atoms with E-state index in [-0.39, 0.29) is 11.9 Å². The molecule has 13 heteroatoms. The summed E-state index contributed by atoms with van der Waals surface area (Å²) in [5, 5.41) is 4.43. The Bertz CT molecular complexity index is 1570. The molecule has 1 unspecified atom stereocenters. The number of ether oxygens (including phenoxy) is 2. The molecule has 3 aliphatic rings. The molecule has 13 nitrogen and oxygen atoms in total. The van der Waals surface area contributed by atoms with Crippen LogP contribution in [0.3, 0.4) is 0 Å². The highest BCUT2D eigenvalue weighted by Gasteiger charge is 2.33. The molecule has 41 heavy (non-hydrogen) atoms. The third kappa shape index (κ3) is 5.11. The van der Waals surface area contributed by atoms with Crippen molar-refractivity contribution in [1.29, 1.82) is 0 Å². The van der Waals surface area contributed by atoms with Crippen LogP contribution in [0.1, 0.15) is 31.2 Å². The second-order valence-electron chi connectivity index (χ2n) is 10.7. The van der Waals surface area contributed by atoms with Crippen LogP contribution in [0.15, 0.2) is 56.9 Å². The van der Waals surface area contributed by atoms with E-state index in [0.29, 0.717) is 54.6 Å². The first-order valence-electron chi connectivity index (χ1n) is 14.2. The average Bonchev–Trinajstić information content (AvgIpc) is 3.36. The zero-order chi connectivity index (χ0) is 27.9. The number of imidazole rings is 1. The van der Waals surface area contributed by atoms with Crippen LogP contribution < -0.4 is 26.2 Å². The molecule has 1 saturated heterocycles. The Morgan fingerprint density at radius 2 is 1.88 bits per heavy atom. The van der Waals surface area contributed by atoms with Gasteiger partial charge in [0.2, 0.25) is 5.78 Å². The number of fused-ring (bicyclic) bond motifs is 3. The van der Waals surface area contributed by atoms with Crippen molar-refractivity contribution in [2.24, 2.45) is 10.8 Å². The number of aliphatic imine (C=N–C) groups is 1. The van der Waals surface area contributed by atoms with Crippen LogP contribution in [0.4, 0.5) is 11.5 Å². The van der Waals surface area contributed by atoms with Gasteiger partial charge in [0.1, 0.15) is 29.9 Å². The number of nitrogens with two attached hydrogens (primary N) is 1. The highest BCUT2D eigenvalue weighted by Crippen LogP contribution is 2.29. The Morgan fingerprint density at radius 1 is 1.07 bits per heavy atom. The predicted molar refractivity (Wildman–Crippen MR) is 154 cm³/mol. The highest BCUT2D eigenvalue weighted by molar-refractivity contribution is 6.14. The Labute approximate surface area is 236 Å². The van der Waals surface area contributed by atoms with E-state index in [1.807, 2.05) is 25.1 Å². The minimum absolute atomic E-state index is 0.226. The number of anilines is 2. The molecule has 4 aromatic rings. The predicted octanol–water partition coefficient (Wildman–Crippen LogP) is 1.67. The number of furan rings is 1. The number of hydrogen-bond donors (Lipinski definition) is 2. The van der Waals surface area contributed by atoms with E-state index >= 15 is 0 Å². The van der Waals surface area contributed by atoms with Crippen LogP contribution in [0.5, 0.6) is 5.75 Å². The number of nitrogens with zero attached hydrogens (tertiary/aromatic N) is 7. The lowest BCUT2D eigenvalue weighted by Crippen LogP contribution is -2.47. The molecule has 1 atom stereocenters. The van der Waals surface area contributed by atoms with Gasteiger partial charge in [-0.1, -0.05) is 0 Å². The molecule has 5 heterocycles. The zero-order valence-corrected chi connectivity index (χ0v) is 23.1. The third-order valence-corrected chi connectivity index (χ3v) is 7.92. The molecule has 1 aliphatic carbocycles. The van der Waals surface area contributed by atoms with Gasteiger partial charge in [0, 0.05) is 45.0 Å². The van der Waals surface area contributed by atoms with Gasteiger partial charge in [-0.25, -0.2) is 20.3 Å². The number of nitrogens with one attached hydrogen (secondary N) is 1. The molecular formula is C28H35N9O4. The van der Waals surface area contributed by atoms with Crippen molar-refractivity contribution >= 4 is 23.0 Å². The second kappa shape index (κ2) is 10.7. The van der Waals surface area contributed by atoms with Crippen molar-refractivity contribution in [2.45, 2.75) is 38.6 Å². The summed E-state index contributed by atoms with van der Waals surface area (Å²) < 4.78 is 20.4. The molecule has 1 aromatic carbocycles. The summed E-state index contributed by atoms with van der Waals surface area (Å²) in [6, 6.07) is 11.9. The third-order valence-electron chi connectivity index (χ3n) is 7.92. The van der Waals surface area contributed by atoms with Gasteiger partial charge in [-0.05, 0) is 56.2 Å². The van der Waals surface area contributed by atoms with E-state index in [1.165, 1.54) is 23.5 Å². The number of benzene rings is 1. The lowest BCUT2D eigenvalue weighted by atomic mass is 10.1. The molecule has 216 valence electrons. The van der Waals surface area contributed by atoms with Gasteiger partial charge in [-0.15, -0.1) is 0 Å². The van der Waals surface area contributed by atoms with E-state index in [9.17, 15) is 4.79 Å². The molecule has 0 spiro atoms. The van der Waals surface area contributed by atoms with Gasteiger partial charge >= 0.3 is 5.69 Å². The largest absolute Gasteiger partial charge is 0.491 e. The average molecular weight is 562 g/mol. The van der Waals surface area contributed by atoms with Crippen molar-refractivity contribution in [2.75, 3.05) is 55.8 Å². The van der Waals surface area contributed by atoms with Gasteiger partial charge in [0.25, 0.3) is 0 Å². The molecule has 2 aliphatic heterocycles. The molecule has 0 amide bonds. The number of hydrogen-bond acceptors (Lipinski definition) is 10. The van der Waals surface area contributed by atoms with E-state index in [4.69, 9.17) is 29.7 Å². The van der Waals surface area contributed by atoms with Crippen LogP contribution in [0.25, 0.3) is 5.78 Å². The number of aromatic amines is 1.